The van der Waals surface area contributed by atoms with Gasteiger partial charge in [-0.1, -0.05) is 30.3 Å². The number of ether oxygens (including phenoxy) is 1. The van der Waals surface area contributed by atoms with E-state index in [9.17, 15) is 4.79 Å². The highest BCUT2D eigenvalue weighted by Gasteiger charge is 2.27. The van der Waals surface area contributed by atoms with E-state index in [4.69, 9.17) is 4.74 Å². The maximum Gasteiger partial charge on any atom is 0.415 e. The highest BCUT2D eigenvalue weighted by Crippen LogP contribution is 2.28. The minimum Gasteiger partial charge on any atom is -0.444 e. The Morgan fingerprint density at radius 3 is 2.95 bits per heavy atom. The van der Waals surface area contributed by atoms with Gasteiger partial charge in [0.1, 0.15) is 12.4 Å². The molecule has 0 spiro atoms. The Balaban J connectivity index is 1.68. The third-order valence-electron chi connectivity index (χ3n) is 3.20. The second kappa shape index (κ2) is 5.63. The van der Waals surface area contributed by atoms with Gasteiger partial charge in [-0.25, -0.2) is 9.78 Å². The van der Waals surface area contributed by atoms with Crippen LogP contribution in [0, 0.1) is 0 Å². The molecule has 1 aromatic carbocycles. The molecule has 0 aliphatic carbocycles. The van der Waals surface area contributed by atoms with E-state index in [-0.39, 0.29) is 12.7 Å². The Labute approximate surface area is 125 Å². The van der Waals surface area contributed by atoms with Gasteiger partial charge < -0.3 is 4.74 Å². The van der Waals surface area contributed by atoms with Crippen molar-refractivity contribution in [1.29, 1.82) is 0 Å². The van der Waals surface area contributed by atoms with Crippen LogP contribution >= 0.6 is 15.9 Å². The lowest BCUT2D eigenvalue weighted by Crippen LogP contribution is -2.30. The summed E-state index contributed by atoms with van der Waals surface area (Å²) < 4.78 is 6.26. The molecular weight excluding hydrogens is 320 g/mol. The number of hydrogen-bond donors (Lipinski definition) is 0. The van der Waals surface area contributed by atoms with Crippen LogP contribution in [0.5, 0.6) is 0 Å². The van der Waals surface area contributed by atoms with E-state index < -0.39 is 0 Å². The summed E-state index contributed by atoms with van der Waals surface area (Å²) in [5, 5.41) is 0. The second-order valence-electron chi connectivity index (χ2n) is 4.58. The minimum atomic E-state index is -0.345. The molecule has 2 aromatic rings. The molecule has 0 atom stereocenters. The molecule has 1 aliphatic heterocycles. The fraction of sp³-hybridized carbons (Fsp3) is 0.200. The van der Waals surface area contributed by atoms with E-state index >= 15 is 0 Å². The molecule has 0 saturated heterocycles. The van der Waals surface area contributed by atoms with Gasteiger partial charge in [0.05, 0.1) is 0 Å². The smallest absolute Gasteiger partial charge is 0.415 e. The van der Waals surface area contributed by atoms with Gasteiger partial charge in [0.2, 0.25) is 0 Å². The molecule has 0 fully saturated rings. The van der Waals surface area contributed by atoms with Gasteiger partial charge in [-0.3, -0.25) is 4.90 Å². The second-order valence-corrected chi connectivity index (χ2v) is 5.49. The first-order valence-electron chi connectivity index (χ1n) is 6.36. The zero-order valence-corrected chi connectivity index (χ0v) is 12.3. The molecule has 0 N–H and O–H groups in total. The number of pyridine rings is 1. The lowest BCUT2D eigenvalue weighted by Gasteiger charge is -2.16. The molecule has 0 saturated carbocycles. The Hall–Kier alpha value is -1.88. The normalized spacial score (nSPS) is 13.2. The van der Waals surface area contributed by atoms with Gasteiger partial charge in [0, 0.05) is 17.2 Å². The van der Waals surface area contributed by atoms with E-state index in [0.29, 0.717) is 12.4 Å². The molecule has 1 aliphatic rings. The van der Waals surface area contributed by atoms with Crippen LogP contribution in [0.3, 0.4) is 0 Å². The number of carbonyl (C=O) groups excluding carboxylic acids is 1. The summed E-state index contributed by atoms with van der Waals surface area (Å²) in [5.41, 5.74) is 2.04. The minimum absolute atomic E-state index is 0.280. The molecule has 102 valence electrons. The number of amides is 1. The molecule has 20 heavy (non-hydrogen) atoms. The van der Waals surface area contributed by atoms with Gasteiger partial charge in [-0.2, -0.15) is 0 Å². The average molecular weight is 333 g/mol. The molecule has 4 nitrogen and oxygen atoms in total. The Bertz CT molecular complexity index is 631. The SMILES string of the molecule is O=C(OCc1ccccc1)N1CCc2cc(Br)cnc21. The summed E-state index contributed by atoms with van der Waals surface area (Å²) in [6, 6.07) is 11.6. The summed E-state index contributed by atoms with van der Waals surface area (Å²) in [6.07, 6.45) is 2.16. The van der Waals surface area contributed by atoms with Crippen molar-refractivity contribution in [3.05, 3.63) is 58.2 Å². The van der Waals surface area contributed by atoms with Gasteiger partial charge >= 0.3 is 6.09 Å². The molecule has 3 rings (SSSR count). The first kappa shape index (κ1) is 13.1. The number of fused-ring (bicyclic) bond motifs is 1. The summed E-state index contributed by atoms with van der Waals surface area (Å²) in [7, 11) is 0. The van der Waals surface area contributed by atoms with Gasteiger partial charge in [0.25, 0.3) is 0 Å². The summed E-state index contributed by atoms with van der Waals surface area (Å²) in [6.45, 7) is 0.897. The Morgan fingerprint density at radius 2 is 2.15 bits per heavy atom. The number of benzene rings is 1. The quantitative estimate of drug-likeness (QED) is 0.844. The van der Waals surface area contributed by atoms with Crippen molar-refractivity contribution in [2.75, 3.05) is 11.4 Å². The van der Waals surface area contributed by atoms with Gasteiger partial charge in [0.15, 0.2) is 0 Å². The average Bonchev–Trinajstić information content (AvgIpc) is 2.89. The lowest BCUT2D eigenvalue weighted by molar-refractivity contribution is 0.147. The van der Waals surface area contributed by atoms with Crippen LogP contribution in [0.25, 0.3) is 0 Å². The Morgan fingerprint density at radius 1 is 1.35 bits per heavy atom. The first-order chi connectivity index (χ1) is 9.74. The molecule has 0 unspecified atom stereocenters. The zero-order valence-electron chi connectivity index (χ0n) is 10.8. The largest absolute Gasteiger partial charge is 0.444 e. The third-order valence-corrected chi connectivity index (χ3v) is 3.63. The fourth-order valence-corrected chi connectivity index (χ4v) is 2.59. The van der Waals surface area contributed by atoms with Gasteiger partial charge in [-0.15, -0.1) is 0 Å². The number of halogens is 1. The van der Waals surface area contributed by atoms with E-state index in [2.05, 4.69) is 20.9 Å². The first-order valence-corrected chi connectivity index (χ1v) is 7.16. The predicted molar refractivity (Wildman–Crippen MR) is 79.6 cm³/mol. The van der Waals surface area contributed by atoms with Crippen molar-refractivity contribution in [3.8, 4) is 0 Å². The van der Waals surface area contributed by atoms with Crippen LogP contribution in [0.2, 0.25) is 0 Å². The fourth-order valence-electron chi connectivity index (χ4n) is 2.21. The summed E-state index contributed by atoms with van der Waals surface area (Å²) >= 11 is 3.39. The predicted octanol–water partition coefficient (Wildman–Crippen LogP) is 3.54. The van der Waals surface area contributed by atoms with Crippen molar-refractivity contribution < 1.29 is 9.53 Å². The summed E-state index contributed by atoms with van der Waals surface area (Å²) in [4.78, 5) is 18.0. The van der Waals surface area contributed by atoms with Crippen molar-refractivity contribution in [3.63, 3.8) is 0 Å². The maximum absolute atomic E-state index is 12.1. The van der Waals surface area contributed by atoms with Crippen LogP contribution in [0.15, 0.2) is 47.1 Å². The number of nitrogens with zero attached hydrogens (tertiary/aromatic N) is 2. The van der Waals surface area contributed by atoms with Crippen LogP contribution in [-0.4, -0.2) is 17.6 Å². The zero-order chi connectivity index (χ0) is 13.9. The van der Waals surface area contributed by atoms with Crippen LogP contribution in [0.4, 0.5) is 10.6 Å². The number of hydrogen-bond acceptors (Lipinski definition) is 3. The number of carbonyl (C=O) groups is 1. The lowest BCUT2D eigenvalue weighted by atomic mass is 10.2. The molecule has 2 heterocycles. The van der Waals surface area contributed by atoms with Crippen LogP contribution in [0.1, 0.15) is 11.1 Å². The molecule has 1 aromatic heterocycles. The molecular formula is C15H13BrN2O2. The Kier molecular flexibility index (Phi) is 3.69. The van der Waals surface area contributed by atoms with E-state index in [1.165, 1.54) is 0 Å². The standard InChI is InChI=1S/C15H13BrN2O2/c16-13-8-12-6-7-18(14(12)17-9-13)15(19)20-10-11-4-2-1-3-5-11/h1-5,8-9H,6-7,10H2. The topological polar surface area (TPSA) is 42.4 Å². The third kappa shape index (κ3) is 2.67. The molecule has 0 radical (unpaired) electrons. The van der Waals surface area contributed by atoms with E-state index in [1.54, 1.807) is 11.1 Å². The molecule has 1 amide bonds. The maximum atomic E-state index is 12.1. The molecule has 5 heteroatoms. The number of aromatic nitrogens is 1. The van der Waals surface area contributed by atoms with Crippen LogP contribution < -0.4 is 4.90 Å². The van der Waals surface area contributed by atoms with Crippen molar-refractivity contribution in [2.45, 2.75) is 13.0 Å². The number of rotatable bonds is 2. The highest BCUT2D eigenvalue weighted by molar-refractivity contribution is 9.10. The summed E-state index contributed by atoms with van der Waals surface area (Å²) in [5.74, 6) is 0.700. The van der Waals surface area contributed by atoms with E-state index in [0.717, 1.165) is 22.0 Å². The van der Waals surface area contributed by atoms with E-state index in [1.807, 2.05) is 36.4 Å². The van der Waals surface area contributed by atoms with Crippen molar-refractivity contribution in [1.82, 2.24) is 4.98 Å². The van der Waals surface area contributed by atoms with Crippen LogP contribution in [-0.2, 0) is 17.8 Å². The van der Waals surface area contributed by atoms with Crippen molar-refractivity contribution >= 4 is 27.8 Å². The highest BCUT2D eigenvalue weighted by atomic mass is 79.9. The number of anilines is 1. The van der Waals surface area contributed by atoms with Crippen molar-refractivity contribution in [2.24, 2.45) is 0 Å². The van der Waals surface area contributed by atoms with Gasteiger partial charge in [-0.05, 0) is 39.5 Å². The molecule has 0 bridgehead atoms. The monoisotopic (exact) mass is 332 g/mol.